The molecule has 0 spiro atoms. The van der Waals surface area contributed by atoms with E-state index in [1.807, 2.05) is 6.07 Å². The summed E-state index contributed by atoms with van der Waals surface area (Å²) >= 11 is 0. The molecule has 0 radical (unpaired) electrons. The fourth-order valence-corrected chi connectivity index (χ4v) is 5.19. The largest absolute Gasteiger partial charge is 0.390 e. The third-order valence-corrected chi connectivity index (χ3v) is 7.19. The number of anilines is 1. The Hall–Kier alpha value is -2.94. The number of amides is 1. The lowest BCUT2D eigenvalue weighted by Crippen LogP contribution is -2.45. The molecule has 34 heavy (non-hydrogen) atoms. The van der Waals surface area contributed by atoms with Crippen molar-refractivity contribution in [1.82, 2.24) is 24.7 Å². The first kappa shape index (κ1) is 22.8. The van der Waals surface area contributed by atoms with Gasteiger partial charge < -0.3 is 24.8 Å². The fourth-order valence-electron chi connectivity index (χ4n) is 5.19. The van der Waals surface area contributed by atoms with Crippen LogP contribution in [0, 0.1) is 0 Å². The summed E-state index contributed by atoms with van der Waals surface area (Å²) in [5, 5.41) is 14.9. The standard InChI is InChI=1S/C26H34N6O2/c1-29-11-13-32(14-12-29)25-15-19(7-9-27-25)26(34)28-16-20(33)17-31-10-8-24-22(18-31)21-5-3-4-6-23(21)30(24)2/h3-7,9,15,20,33H,8,10-14,16-18H2,1-2H3,(H,28,34). The number of aryl methyl sites for hydroxylation is 1. The molecule has 3 aromatic rings. The van der Waals surface area contributed by atoms with E-state index in [1.165, 1.54) is 22.2 Å². The smallest absolute Gasteiger partial charge is 0.251 e. The Balaban J connectivity index is 1.16. The highest BCUT2D eigenvalue weighted by atomic mass is 16.3. The Kier molecular flexibility index (Phi) is 6.54. The van der Waals surface area contributed by atoms with Gasteiger partial charge in [-0.05, 0) is 30.8 Å². The first-order valence-corrected chi connectivity index (χ1v) is 12.1. The van der Waals surface area contributed by atoms with Gasteiger partial charge in [-0.3, -0.25) is 9.69 Å². The molecule has 2 aliphatic heterocycles. The van der Waals surface area contributed by atoms with Gasteiger partial charge in [0.25, 0.3) is 5.91 Å². The van der Waals surface area contributed by atoms with Crippen LogP contribution in [0.15, 0.2) is 42.6 Å². The number of aliphatic hydroxyl groups excluding tert-OH is 1. The van der Waals surface area contributed by atoms with Gasteiger partial charge >= 0.3 is 0 Å². The van der Waals surface area contributed by atoms with Gasteiger partial charge in [0.2, 0.25) is 0 Å². The van der Waals surface area contributed by atoms with Crippen LogP contribution in [0.5, 0.6) is 0 Å². The number of carbonyl (C=O) groups is 1. The fraction of sp³-hybridized carbons (Fsp3) is 0.462. The van der Waals surface area contributed by atoms with Crippen molar-refractivity contribution in [2.75, 3.05) is 57.8 Å². The van der Waals surface area contributed by atoms with Crippen LogP contribution < -0.4 is 10.2 Å². The highest BCUT2D eigenvalue weighted by Crippen LogP contribution is 2.30. The van der Waals surface area contributed by atoms with Crippen molar-refractivity contribution in [2.24, 2.45) is 7.05 Å². The van der Waals surface area contributed by atoms with Crippen molar-refractivity contribution in [2.45, 2.75) is 19.1 Å². The number of aromatic nitrogens is 2. The van der Waals surface area contributed by atoms with E-state index in [0.29, 0.717) is 12.1 Å². The zero-order chi connectivity index (χ0) is 23.7. The van der Waals surface area contributed by atoms with Gasteiger partial charge in [0, 0.05) is 94.2 Å². The Labute approximate surface area is 200 Å². The summed E-state index contributed by atoms with van der Waals surface area (Å²) in [6.07, 6.45) is 2.03. The molecule has 1 saturated heterocycles. The zero-order valence-electron chi connectivity index (χ0n) is 20.1. The summed E-state index contributed by atoms with van der Waals surface area (Å²) in [7, 11) is 4.25. The third-order valence-electron chi connectivity index (χ3n) is 7.19. The number of hydrogen-bond acceptors (Lipinski definition) is 6. The molecule has 180 valence electrons. The molecule has 1 amide bonds. The Morgan fingerprint density at radius 3 is 2.74 bits per heavy atom. The van der Waals surface area contributed by atoms with Crippen LogP contribution in [0.25, 0.3) is 10.9 Å². The summed E-state index contributed by atoms with van der Waals surface area (Å²) in [6.45, 7) is 6.27. The topological polar surface area (TPSA) is 76.9 Å². The first-order valence-electron chi connectivity index (χ1n) is 12.1. The van der Waals surface area contributed by atoms with E-state index in [1.54, 1.807) is 12.3 Å². The summed E-state index contributed by atoms with van der Waals surface area (Å²) in [6, 6.07) is 12.1. The number of β-amino-alcohol motifs (C(OH)–C–C–N with tert-alkyl or cyclic N) is 1. The SMILES string of the molecule is CN1CCN(c2cc(C(=O)NCC(O)CN3CCc4c(c5ccccc5n4C)C3)ccn2)CC1. The molecule has 0 saturated carbocycles. The van der Waals surface area contributed by atoms with Crippen molar-refractivity contribution in [3.8, 4) is 0 Å². The van der Waals surface area contributed by atoms with Crippen LogP contribution in [0.1, 0.15) is 21.6 Å². The Morgan fingerprint density at radius 1 is 1.12 bits per heavy atom. The molecule has 4 heterocycles. The van der Waals surface area contributed by atoms with E-state index < -0.39 is 6.10 Å². The number of aliphatic hydroxyl groups is 1. The van der Waals surface area contributed by atoms with E-state index in [0.717, 1.165) is 51.5 Å². The van der Waals surface area contributed by atoms with Crippen molar-refractivity contribution < 1.29 is 9.90 Å². The molecule has 5 rings (SSSR count). The quantitative estimate of drug-likeness (QED) is 0.578. The van der Waals surface area contributed by atoms with Gasteiger partial charge in [-0.25, -0.2) is 4.98 Å². The monoisotopic (exact) mass is 462 g/mol. The van der Waals surface area contributed by atoms with Crippen LogP contribution in [0.4, 0.5) is 5.82 Å². The molecule has 8 heteroatoms. The number of nitrogens with one attached hydrogen (secondary N) is 1. The van der Waals surface area contributed by atoms with E-state index in [-0.39, 0.29) is 12.5 Å². The number of likely N-dealkylation sites (N-methyl/N-ethyl adjacent to an activating group) is 1. The van der Waals surface area contributed by atoms with Crippen molar-refractivity contribution >= 4 is 22.6 Å². The predicted octanol–water partition coefficient (Wildman–Crippen LogP) is 1.47. The van der Waals surface area contributed by atoms with Crippen LogP contribution in [0.3, 0.4) is 0 Å². The Bertz CT molecular complexity index is 1170. The van der Waals surface area contributed by atoms with Crippen molar-refractivity contribution in [3.05, 3.63) is 59.4 Å². The lowest BCUT2D eigenvalue weighted by molar-refractivity contribution is 0.0841. The van der Waals surface area contributed by atoms with Gasteiger partial charge in [-0.1, -0.05) is 18.2 Å². The minimum atomic E-state index is -0.626. The van der Waals surface area contributed by atoms with Crippen LogP contribution in [0.2, 0.25) is 0 Å². The number of rotatable bonds is 6. The van der Waals surface area contributed by atoms with Gasteiger partial charge in [-0.2, -0.15) is 0 Å². The van der Waals surface area contributed by atoms with E-state index >= 15 is 0 Å². The molecule has 2 aromatic heterocycles. The molecule has 0 aliphatic carbocycles. The van der Waals surface area contributed by atoms with Crippen molar-refractivity contribution in [1.29, 1.82) is 0 Å². The van der Waals surface area contributed by atoms with E-state index in [4.69, 9.17) is 0 Å². The molecule has 1 unspecified atom stereocenters. The average Bonchev–Trinajstić information content (AvgIpc) is 3.14. The van der Waals surface area contributed by atoms with Gasteiger partial charge in [0.05, 0.1) is 6.10 Å². The molecule has 8 nitrogen and oxygen atoms in total. The third kappa shape index (κ3) is 4.66. The second kappa shape index (κ2) is 9.74. The average molecular weight is 463 g/mol. The Morgan fingerprint density at radius 2 is 1.91 bits per heavy atom. The van der Waals surface area contributed by atoms with Gasteiger partial charge in [-0.15, -0.1) is 0 Å². The number of pyridine rings is 1. The molecule has 2 aliphatic rings. The van der Waals surface area contributed by atoms with Gasteiger partial charge in [0.15, 0.2) is 0 Å². The van der Waals surface area contributed by atoms with E-state index in [2.05, 4.69) is 67.9 Å². The van der Waals surface area contributed by atoms with E-state index in [9.17, 15) is 9.90 Å². The lowest BCUT2D eigenvalue weighted by Gasteiger charge is -2.33. The molecule has 0 bridgehead atoms. The van der Waals surface area contributed by atoms with Crippen LogP contribution in [-0.4, -0.2) is 89.3 Å². The van der Waals surface area contributed by atoms with Crippen LogP contribution in [-0.2, 0) is 20.0 Å². The minimum Gasteiger partial charge on any atom is -0.390 e. The highest BCUT2D eigenvalue weighted by Gasteiger charge is 2.24. The molecule has 1 fully saturated rings. The molecular formula is C26H34N6O2. The molecule has 2 N–H and O–H groups in total. The zero-order valence-corrected chi connectivity index (χ0v) is 20.1. The van der Waals surface area contributed by atoms with Crippen LogP contribution >= 0.6 is 0 Å². The number of piperazine rings is 1. The number of hydrogen-bond donors (Lipinski definition) is 2. The lowest BCUT2D eigenvalue weighted by atomic mass is 10.0. The number of fused-ring (bicyclic) bond motifs is 3. The summed E-state index contributed by atoms with van der Waals surface area (Å²) in [4.78, 5) is 24.0. The number of para-hydroxylation sites is 1. The summed E-state index contributed by atoms with van der Waals surface area (Å²) < 4.78 is 2.30. The molecular weight excluding hydrogens is 428 g/mol. The highest BCUT2D eigenvalue weighted by molar-refractivity contribution is 5.94. The predicted molar refractivity (Wildman–Crippen MR) is 134 cm³/mol. The summed E-state index contributed by atoms with van der Waals surface area (Å²) in [5.74, 6) is 0.660. The molecule has 1 aromatic carbocycles. The summed E-state index contributed by atoms with van der Waals surface area (Å²) in [5.41, 5.74) is 4.58. The maximum absolute atomic E-state index is 12.7. The second-order valence-corrected chi connectivity index (χ2v) is 9.54. The maximum atomic E-state index is 12.7. The normalized spacial score (nSPS) is 18.1. The van der Waals surface area contributed by atoms with Crippen molar-refractivity contribution in [3.63, 3.8) is 0 Å². The van der Waals surface area contributed by atoms with Gasteiger partial charge in [0.1, 0.15) is 5.82 Å². The number of carbonyl (C=O) groups excluding carboxylic acids is 1. The molecule has 1 atom stereocenters. The maximum Gasteiger partial charge on any atom is 0.251 e. The second-order valence-electron chi connectivity index (χ2n) is 9.54. The minimum absolute atomic E-state index is 0.174. The first-order chi connectivity index (χ1) is 16.5. The number of benzene rings is 1. The number of nitrogens with zero attached hydrogens (tertiary/aromatic N) is 5.